The Balaban J connectivity index is 2.05. The zero-order valence-corrected chi connectivity index (χ0v) is 18.6. The molecule has 0 radical (unpaired) electrons. The Morgan fingerprint density at radius 2 is 1.55 bits per heavy atom. The van der Waals surface area contributed by atoms with Crippen molar-refractivity contribution in [3.8, 4) is 17.2 Å². The van der Waals surface area contributed by atoms with Gasteiger partial charge in [-0.3, -0.25) is 4.79 Å². The van der Waals surface area contributed by atoms with Crippen LogP contribution >= 0.6 is 0 Å². The molecular formula is C24H33NO4. The van der Waals surface area contributed by atoms with Gasteiger partial charge in [0.1, 0.15) is 5.75 Å². The minimum atomic E-state index is -0.0729. The van der Waals surface area contributed by atoms with E-state index in [1.807, 2.05) is 32.0 Å². The molecule has 29 heavy (non-hydrogen) atoms. The number of ether oxygens (including phenoxy) is 3. The van der Waals surface area contributed by atoms with Crippen molar-refractivity contribution >= 4 is 5.91 Å². The Labute approximate surface area is 174 Å². The van der Waals surface area contributed by atoms with Crippen LogP contribution < -0.4 is 19.5 Å². The summed E-state index contributed by atoms with van der Waals surface area (Å²) in [7, 11) is 4.91. The SMILES string of the molecule is COc1ccc(CCC(=O)N[C@H](C)c2cc(C(C)C)c(OC)cc2C)cc1OC. The Morgan fingerprint density at radius 1 is 0.897 bits per heavy atom. The van der Waals surface area contributed by atoms with E-state index in [4.69, 9.17) is 14.2 Å². The number of carbonyl (C=O) groups is 1. The third kappa shape index (κ3) is 5.66. The summed E-state index contributed by atoms with van der Waals surface area (Å²) < 4.78 is 16.1. The van der Waals surface area contributed by atoms with Gasteiger partial charge in [0.2, 0.25) is 5.91 Å². The maximum absolute atomic E-state index is 12.5. The molecule has 2 aromatic rings. The Morgan fingerprint density at radius 3 is 2.14 bits per heavy atom. The highest BCUT2D eigenvalue weighted by atomic mass is 16.5. The highest BCUT2D eigenvalue weighted by Crippen LogP contribution is 2.32. The minimum Gasteiger partial charge on any atom is -0.496 e. The molecule has 0 heterocycles. The summed E-state index contributed by atoms with van der Waals surface area (Å²) in [6.45, 7) is 8.36. The van der Waals surface area contributed by atoms with Crippen molar-refractivity contribution in [2.45, 2.75) is 52.5 Å². The average molecular weight is 400 g/mol. The quantitative estimate of drug-likeness (QED) is 0.648. The summed E-state index contributed by atoms with van der Waals surface area (Å²) in [4.78, 5) is 12.5. The van der Waals surface area contributed by atoms with Crippen LogP contribution in [0.1, 0.15) is 61.4 Å². The monoisotopic (exact) mass is 399 g/mol. The summed E-state index contributed by atoms with van der Waals surface area (Å²) in [6, 6.07) is 9.87. The molecule has 1 N–H and O–H groups in total. The van der Waals surface area contributed by atoms with Gasteiger partial charge in [-0.2, -0.15) is 0 Å². The number of nitrogens with one attached hydrogen (secondary N) is 1. The Hall–Kier alpha value is -2.69. The van der Waals surface area contributed by atoms with E-state index in [-0.39, 0.29) is 11.9 Å². The summed E-state index contributed by atoms with van der Waals surface area (Å²) in [5.74, 6) is 2.62. The van der Waals surface area contributed by atoms with Crippen molar-refractivity contribution in [1.82, 2.24) is 5.32 Å². The molecule has 0 fully saturated rings. The number of methoxy groups -OCH3 is 3. The highest BCUT2D eigenvalue weighted by molar-refractivity contribution is 5.76. The molecule has 158 valence electrons. The minimum absolute atomic E-state index is 0.0219. The van der Waals surface area contributed by atoms with Gasteiger partial charge in [-0.05, 0) is 72.7 Å². The highest BCUT2D eigenvalue weighted by Gasteiger charge is 2.17. The maximum Gasteiger partial charge on any atom is 0.220 e. The third-order valence-corrected chi connectivity index (χ3v) is 5.17. The first-order valence-electron chi connectivity index (χ1n) is 9.99. The van der Waals surface area contributed by atoms with Crippen molar-refractivity contribution in [1.29, 1.82) is 0 Å². The molecule has 5 nitrogen and oxygen atoms in total. The van der Waals surface area contributed by atoms with Gasteiger partial charge in [0, 0.05) is 6.42 Å². The summed E-state index contributed by atoms with van der Waals surface area (Å²) >= 11 is 0. The number of aryl methyl sites for hydroxylation is 2. The standard InChI is InChI=1S/C24H33NO4/c1-15(2)19-14-20(16(3)12-22(19)28-6)17(4)25-24(26)11-9-18-8-10-21(27-5)23(13-18)29-7/h8,10,12-15,17H,9,11H2,1-7H3,(H,25,26)/t17-/m1/s1. The van der Waals surface area contributed by atoms with Crippen LogP contribution in [0.25, 0.3) is 0 Å². The summed E-state index contributed by atoms with van der Waals surface area (Å²) in [5, 5.41) is 3.13. The molecule has 0 spiro atoms. The van der Waals surface area contributed by atoms with Gasteiger partial charge in [-0.25, -0.2) is 0 Å². The van der Waals surface area contributed by atoms with Crippen LogP contribution in [0.5, 0.6) is 17.2 Å². The molecule has 1 atom stereocenters. The van der Waals surface area contributed by atoms with Gasteiger partial charge >= 0.3 is 0 Å². The lowest BCUT2D eigenvalue weighted by atomic mass is 9.93. The lowest BCUT2D eigenvalue weighted by molar-refractivity contribution is -0.121. The van der Waals surface area contributed by atoms with Gasteiger partial charge in [0.15, 0.2) is 11.5 Å². The molecular weight excluding hydrogens is 366 g/mol. The van der Waals surface area contributed by atoms with Crippen LogP contribution in [0.15, 0.2) is 30.3 Å². The van der Waals surface area contributed by atoms with Crippen molar-refractivity contribution in [2.24, 2.45) is 0 Å². The lowest BCUT2D eigenvalue weighted by Gasteiger charge is -2.21. The number of benzene rings is 2. The molecule has 0 bridgehead atoms. The van der Waals surface area contributed by atoms with Crippen LogP contribution in [0, 0.1) is 6.92 Å². The first-order valence-corrected chi connectivity index (χ1v) is 9.99. The number of rotatable bonds is 9. The van der Waals surface area contributed by atoms with Crippen LogP contribution in [-0.2, 0) is 11.2 Å². The van der Waals surface area contributed by atoms with Gasteiger partial charge in [0.25, 0.3) is 0 Å². The summed E-state index contributed by atoms with van der Waals surface area (Å²) in [6.07, 6.45) is 1.05. The van der Waals surface area contributed by atoms with Crippen molar-refractivity contribution in [3.63, 3.8) is 0 Å². The molecule has 2 rings (SSSR count). The van der Waals surface area contributed by atoms with E-state index in [0.717, 1.165) is 28.0 Å². The topological polar surface area (TPSA) is 56.8 Å². The van der Waals surface area contributed by atoms with Crippen molar-refractivity contribution in [3.05, 3.63) is 52.6 Å². The largest absolute Gasteiger partial charge is 0.496 e. The molecule has 1 amide bonds. The van der Waals surface area contributed by atoms with E-state index in [0.29, 0.717) is 30.3 Å². The molecule has 5 heteroatoms. The van der Waals surface area contributed by atoms with E-state index in [2.05, 4.69) is 31.3 Å². The molecule has 0 aliphatic heterocycles. The van der Waals surface area contributed by atoms with Gasteiger partial charge in [0.05, 0.1) is 27.4 Å². The second kappa shape index (κ2) is 10.2. The fraction of sp³-hybridized carbons (Fsp3) is 0.458. The molecule has 2 aromatic carbocycles. The number of hydrogen-bond donors (Lipinski definition) is 1. The fourth-order valence-electron chi connectivity index (χ4n) is 3.50. The Bertz CT molecular complexity index is 845. The number of amides is 1. The average Bonchev–Trinajstić information content (AvgIpc) is 2.71. The zero-order valence-electron chi connectivity index (χ0n) is 18.6. The van der Waals surface area contributed by atoms with E-state index in [1.165, 1.54) is 0 Å². The molecule has 0 saturated heterocycles. The third-order valence-electron chi connectivity index (χ3n) is 5.17. The second-order valence-electron chi connectivity index (χ2n) is 7.58. The van der Waals surface area contributed by atoms with Crippen LogP contribution in [0.3, 0.4) is 0 Å². The number of carbonyl (C=O) groups excluding carboxylic acids is 1. The van der Waals surface area contributed by atoms with Gasteiger partial charge < -0.3 is 19.5 Å². The first-order chi connectivity index (χ1) is 13.8. The van der Waals surface area contributed by atoms with Crippen LogP contribution in [-0.4, -0.2) is 27.2 Å². The van der Waals surface area contributed by atoms with E-state index in [9.17, 15) is 4.79 Å². The maximum atomic E-state index is 12.5. The van der Waals surface area contributed by atoms with E-state index < -0.39 is 0 Å². The predicted octanol–water partition coefficient (Wildman–Crippen LogP) is 4.95. The smallest absolute Gasteiger partial charge is 0.220 e. The summed E-state index contributed by atoms with van der Waals surface area (Å²) in [5.41, 5.74) is 4.42. The normalized spacial score (nSPS) is 11.9. The van der Waals surface area contributed by atoms with Gasteiger partial charge in [-0.15, -0.1) is 0 Å². The predicted molar refractivity (Wildman–Crippen MR) is 116 cm³/mol. The van der Waals surface area contributed by atoms with E-state index >= 15 is 0 Å². The Kier molecular flexibility index (Phi) is 7.94. The molecule has 0 aliphatic carbocycles. The first kappa shape index (κ1) is 22.6. The van der Waals surface area contributed by atoms with Crippen molar-refractivity contribution in [2.75, 3.05) is 21.3 Å². The fourth-order valence-corrected chi connectivity index (χ4v) is 3.50. The van der Waals surface area contributed by atoms with Crippen LogP contribution in [0.4, 0.5) is 0 Å². The zero-order chi connectivity index (χ0) is 21.6. The van der Waals surface area contributed by atoms with E-state index in [1.54, 1.807) is 21.3 Å². The second-order valence-corrected chi connectivity index (χ2v) is 7.58. The molecule has 0 unspecified atom stereocenters. The molecule has 0 aliphatic rings. The molecule has 0 aromatic heterocycles. The van der Waals surface area contributed by atoms with Gasteiger partial charge in [-0.1, -0.05) is 19.9 Å². The van der Waals surface area contributed by atoms with Crippen LogP contribution in [0.2, 0.25) is 0 Å². The lowest BCUT2D eigenvalue weighted by Crippen LogP contribution is -2.27. The number of hydrogen-bond acceptors (Lipinski definition) is 4. The molecule has 0 saturated carbocycles. The van der Waals surface area contributed by atoms with Crippen molar-refractivity contribution < 1.29 is 19.0 Å².